The van der Waals surface area contributed by atoms with E-state index in [1.165, 1.54) is 4.31 Å². The van der Waals surface area contributed by atoms with Crippen molar-refractivity contribution in [3.63, 3.8) is 0 Å². The van der Waals surface area contributed by atoms with Gasteiger partial charge in [-0.05, 0) is 49.9 Å². The van der Waals surface area contributed by atoms with Gasteiger partial charge in [0, 0.05) is 39.3 Å². The Hall–Kier alpha value is -2.42. The van der Waals surface area contributed by atoms with Gasteiger partial charge in [0.1, 0.15) is 5.75 Å². The fourth-order valence-electron chi connectivity index (χ4n) is 4.36. The van der Waals surface area contributed by atoms with Crippen LogP contribution in [0.2, 0.25) is 0 Å². The summed E-state index contributed by atoms with van der Waals surface area (Å²) in [5, 5.41) is 0. The zero-order chi connectivity index (χ0) is 23.3. The second kappa shape index (κ2) is 10.7. The maximum atomic E-state index is 12.9. The van der Waals surface area contributed by atoms with Gasteiger partial charge in [0.25, 0.3) is 0 Å². The Morgan fingerprint density at radius 2 is 1.55 bits per heavy atom. The van der Waals surface area contributed by atoms with E-state index in [4.69, 9.17) is 4.74 Å². The van der Waals surface area contributed by atoms with Gasteiger partial charge in [-0.3, -0.25) is 9.69 Å². The first-order chi connectivity index (χ1) is 15.9. The molecule has 0 aliphatic carbocycles. The highest BCUT2D eigenvalue weighted by Gasteiger charge is 2.30. The molecule has 2 fully saturated rings. The fourth-order valence-corrected chi connectivity index (χ4v) is 5.78. The molecule has 2 aliphatic heterocycles. The maximum Gasteiger partial charge on any atom is 0.243 e. The molecule has 0 spiro atoms. The number of para-hydroxylation sites is 1. The minimum atomic E-state index is -3.48. The number of benzene rings is 2. The molecule has 1 amide bonds. The Kier molecular flexibility index (Phi) is 7.67. The highest BCUT2D eigenvalue weighted by molar-refractivity contribution is 7.89. The van der Waals surface area contributed by atoms with Gasteiger partial charge < -0.3 is 9.64 Å². The molecule has 2 saturated heterocycles. The first-order valence-corrected chi connectivity index (χ1v) is 13.1. The van der Waals surface area contributed by atoms with Crippen molar-refractivity contribution in [2.75, 3.05) is 52.4 Å². The second-order valence-electron chi connectivity index (χ2n) is 8.94. The van der Waals surface area contributed by atoms with Crippen molar-refractivity contribution in [3.8, 4) is 5.75 Å². The largest absolute Gasteiger partial charge is 0.493 e. The highest BCUT2D eigenvalue weighted by Crippen LogP contribution is 2.21. The first kappa shape index (κ1) is 23.7. The average molecular weight is 472 g/mol. The molecule has 2 aliphatic rings. The monoisotopic (exact) mass is 471 g/mol. The standard InChI is InChI=1S/C25H33N3O4S/c1-21-7-9-24(10-8-21)33(30,31)28-17-15-26(16-18-28)19-25(29)27-13-11-22(12-14-27)20-32-23-5-3-2-4-6-23/h2-10,22H,11-20H2,1H3. The summed E-state index contributed by atoms with van der Waals surface area (Å²) in [5.41, 5.74) is 1.03. The van der Waals surface area contributed by atoms with Crippen LogP contribution < -0.4 is 4.74 Å². The third kappa shape index (κ3) is 6.13. The number of piperidine rings is 1. The molecule has 0 bridgehead atoms. The van der Waals surface area contributed by atoms with Gasteiger partial charge in [-0.15, -0.1) is 0 Å². The molecular formula is C25H33N3O4S. The summed E-state index contributed by atoms with van der Waals surface area (Å²) in [6.07, 6.45) is 1.89. The Morgan fingerprint density at radius 1 is 0.909 bits per heavy atom. The van der Waals surface area contributed by atoms with Crippen LogP contribution in [0.5, 0.6) is 5.75 Å². The summed E-state index contributed by atoms with van der Waals surface area (Å²) in [6, 6.07) is 16.8. The molecule has 0 aromatic heterocycles. The normalized spacial score (nSPS) is 18.9. The van der Waals surface area contributed by atoms with Crippen molar-refractivity contribution in [2.24, 2.45) is 5.92 Å². The Bertz CT molecular complexity index is 1010. The van der Waals surface area contributed by atoms with Crippen molar-refractivity contribution < 1.29 is 17.9 Å². The molecule has 0 saturated carbocycles. The fraction of sp³-hybridized carbons (Fsp3) is 0.480. The molecule has 0 N–H and O–H groups in total. The molecule has 0 atom stereocenters. The van der Waals surface area contributed by atoms with E-state index in [2.05, 4.69) is 4.90 Å². The van der Waals surface area contributed by atoms with Gasteiger partial charge in [-0.25, -0.2) is 8.42 Å². The summed E-state index contributed by atoms with van der Waals surface area (Å²) >= 11 is 0. The van der Waals surface area contributed by atoms with Crippen LogP contribution in [0.15, 0.2) is 59.5 Å². The molecule has 0 radical (unpaired) electrons. The number of nitrogens with zero attached hydrogens (tertiary/aromatic N) is 3. The Morgan fingerprint density at radius 3 is 2.18 bits per heavy atom. The van der Waals surface area contributed by atoms with E-state index in [0.717, 1.165) is 37.2 Å². The van der Waals surface area contributed by atoms with Crippen LogP contribution in [0.3, 0.4) is 0 Å². The van der Waals surface area contributed by atoms with E-state index in [9.17, 15) is 13.2 Å². The number of aryl methyl sites for hydroxylation is 1. The van der Waals surface area contributed by atoms with Crippen molar-refractivity contribution in [1.82, 2.24) is 14.1 Å². The number of rotatable bonds is 7. The molecule has 2 heterocycles. The van der Waals surface area contributed by atoms with Crippen LogP contribution in [0.25, 0.3) is 0 Å². The number of carbonyl (C=O) groups is 1. The molecular weight excluding hydrogens is 438 g/mol. The average Bonchev–Trinajstić information content (AvgIpc) is 2.84. The van der Waals surface area contributed by atoms with E-state index >= 15 is 0 Å². The van der Waals surface area contributed by atoms with Gasteiger partial charge in [0.05, 0.1) is 18.0 Å². The van der Waals surface area contributed by atoms with E-state index in [-0.39, 0.29) is 5.91 Å². The van der Waals surface area contributed by atoms with Gasteiger partial charge in [0.2, 0.25) is 15.9 Å². The predicted molar refractivity (Wildman–Crippen MR) is 128 cm³/mol. The summed E-state index contributed by atoms with van der Waals surface area (Å²) < 4.78 is 33.1. The first-order valence-electron chi connectivity index (χ1n) is 11.7. The molecule has 8 heteroatoms. The number of hydrogen-bond acceptors (Lipinski definition) is 5. The second-order valence-corrected chi connectivity index (χ2v) is 10.9. The van der Waals surface area contributed by atoms with Crippen molar-refractivity contribution in [3.05, 3.63) is 60.2 Å². The Labute approximate surface area is 197 Å². The lowest BCUT2D eigenvalue weighted by Crippen LogP contribution is -2.52. The predicted octanol–water partition coefficient (Wildman–Crippen LogP) is 2.62. The number of sulfonamides is 1. The molecule has 178 valence electrons. The van der Waals surface area contributed by atoms with Crippen LogP contribution in [0, 0.1) is 12.8 Å². The molecule has 2 aromatic carbocycles. The number of ether oxygens (including phenoxy) is 1. The number of carbonyl (C=O) groups excluding carboxylic acids is 1. The van der Waals surface area contributed by atoms with Crippen LogP contribution >= 0.6 is 0 Å². The van der Waals surface area contributed by atoms with Gasteiger partial charge >= 0.3 is 0 Å². The summed E-state index contributed by atoms with van der Waals surface area (Å²) in [6.45, 7) is 6.42. The molecule has 2 aromatic rings. The van der Waals surface area contributed by atoms with Crippen LogP contribution in [-0.2, 0) is 14.8 Å². The maximum absolute atomic E-state index is 12.9. The highest BCUT2D eigenvalue weighted by atomic mass is 32.2. The number of amides is 1. The van der Waals surface area contributed by atoms with Crippen LogP contribution in [0.1, 0.15) is 18.4 Å². The van der Waals surface area contributed by atoms with Crippen LogP contribution in [-0.4, -0.2) is 80.9 Å². The summed E-state index contributed by atoms with van der Waals surface area (Å²) in [7, 11) is -3.48. The molecule has 0 unspecified atom stereocenters. The van der Waals surface area contributed by atoms with Gasteiger partial charge in [-0.2, -0.15) is 4.31 Å². The number of likely N-dealkylation sites (tertiary alicyclic amines) is 1. The topological polar surface area (TPSA) is 70.2 Å². The van der Waals surface area contributed by atoms with Gasteiger partial charge in [-0.1, -0.05) is 35.9 Å². The molecule has 7 nitrogen and oxygen atoms in total. The lowest BCUT2D eigenvalue weighted by Gasteiger charge is -2.36. The minimum Gasteiger partial charge on any atom is -0.493 e. The van der Waals surface area contributed by atoms with Crippen molar-refractivity contribution >= 4 is 15.9 Å². The summed E-state index contributed by atoms with van der Waals surface area (Å²) in [5.74, 6) is 1.48. The van der Waals surface area contributed by atoms with E-state index in [0.29, 0.717) is 50.1 Å². The zero-order valence-electron chi connectivity index (χ0n) is 19.2. The lowest BCUT2D eigenvalue weighted by atomic mass is 9.97. The minimum absolute atomic E-state index is 0.132. The Balaban J connectivity index is 1.19. The third-order valence-electron chi connectivity index (χ3n) is 6.55. The van der Waals surface area contributed by atoms with Gasteiger partial charge in [0.15, 0.2) is 0 Å². The lowest BCUT2D eigenvalue weighted by molar-refractivity contribution is -0.134. The van der Waals surface area contributed by atoms with Crippen molar-refractivity contribution in [2.45, 2.75) is 24.7 Å². The molecule has 4 rings (SSSR count). The smallest absolute Gasteiger partial charge is 0.243 e. The van der Waals surface area contributed by atoms with E-state index in [1.807, 2.05) is 54.3 Å². The van der Waals surface area contributed by atoms with E-state index in [1.54, 1.807) is 12.1 Å². The van der Waals surface area contributed by atoms with E-state index < -0.39 is 10.0 Å². The quantitative estimate of drug-likeness (QED) is 0.621. The van der Waals surface area contributed by atoms with Crippen LogP contribution in [0.4, 0.5) is 0 Å². The summed E-state index contributed by atoms with van der Waals surface area (Å²) in [4.78, 5) is 17.1. The molecule has 33 heavy (non-hydrogen) atoms. The number of piperazine rings is 1. The van der Waals surface area contributed by atoms with Crippen molar-refractivity contribution in [1.29, 1.82) is 0 Å². The SMILES string of the molecule is Cc1ccc(S(=O)(=O)N2CCN(CC(=O)N3CCC(COc4ccccc4)CC3)CC2)cc1. The third-order valence-corrected chi connectivity index (χ3v) is 8.46. The number of hydrogen-bond donors (Lipinski definition) is 0. The zero-order valence-corrected chi connectivity index (χ0v) is 20.0.